The Balaban J connectivity index is 1.84. The van der Waals surface area contributed by atoms with E-state index < -0.39 is 34.0 Å². The van der Waals surface area contributed by atoms with Gasteiger partial charge in [0.15, 0.2) is 0 Å². The quantitative estimate of drug-likeness (QED) is 0.232. The van der Waals surface area contributed by atoms with Gasteiger partial charge in [0.05, 0.1) is 17.9 Å². The molecule has 164 valence electrons. The Labute approximate surface area is 174 Å². The summed E-state index contributed by atoms with van der Waals surface area (Å²) in [6.45, 7) is 1.27. The van der Waals surface area contributed by atoms with E-state index in [1.165, 1.54) is 0 Å². The average Bonchev–Trinajstić information content (AvgIpc) is 3.13. The molecular weight excluding hydrogens is 414 g/mol. The highest BCUT2D eigenvalue weighted by atomic mass is 32.2. The van der Waals surface area contributed by atoms with Crippen molar-refractivity contribution in [3.63, 3.8) is 0 Å². The SMILES string of the molecule is CCCS(=O)(=O)N[C@@H](CNC(=O)CC1CC(c2ccc(C(=N)N)cc2)=NO1)C(=O)O. The number of nitrogen functional groups attached to an aromatic ring is 1. The third kappa shape index (κ3) is 6.81. The second kappa shape index (κ2) is 10.2. The van der Waals surface area contributed by atoms with Gasteiger partial charge in [0, 0.05) is 18.5 Å². The lowest BCUT2D eigenvalue weighted by Gasteiger charge is -2.16. The van der Waals surface area contributed by atoms with Gasteiger partial charge in [-0.2, -0.15) is 4.72 Å². The van der Waals surface area contributed by atoms with Crippen LogP contribution in [0.3, 0.4) is 0 Å². The van der Waals surface area contributed by atoms with Gasteiger partial charge in [0.2, 0.25) is 15.9 Å². The fourth-order valence-corrected chi connectivity index (χ4v) is 4.04. The lowest BCUT2D eigenvalue weighted by molar-refractivity contribution is -0.138. The molecule has 0 saturated heterocycles. The highest BCUT2D eigenvalue weighted by molar-refractivity contribution is 7.89. The number of hydrogen-bond donors (Lipinski definition) is 5. The number of carboxylic acid groups (broad SMARTS) is 1. The monoisotopic (exact) mass is 439 g/mol. The van der Waals surface area contributed by atoms with Crippen molar-refractivity contribution in [2.75, 3.05) is 12.3 Å². The van der Waals surface area contributed by atoms with E-state index in [0.717, 1.165) is 5.56 Å². The van der Waals surface area contributed by atoms with Crippen LogP contribution in [0.2, 0.25) is 0 Å². The second-order valence-electron chi connectivity index (χ2n) is 6.80. The summed E-state index contributed by atoms with van der Waals surface area (Å²) in [5, 5.41) is 23.0. The molecule has 1 heterocycles. The minimum atomic E-state index is -3.74. The van der Waals surface area contributed by atoms with Crippen LogP contribution in [-0.4, -0.2) is 61.4 Å². The van der Waals surface area contributed by atoms with Crippen molar-refractivity contribution in [3.8, 4) is 0 Å². The highest BCUT2D eigenvalue weighted by Gasteiger charge is 2.27. The maximum atomic E-state index is 12.1. The Bertz CT molecular complexity index is 929. The largest absolute Gasteiger partial charge is 0.480 e. The molecule has 0 bridgehead atoms. The van der Waals surface area contributed by atoms with E-state index in [0.29, 0.717) is 24.1 Å². The maximum absolute atomic E-state index is 12.1. The highest BCUT2D eigenvalue weighted by Crippen LogP contribution is 2.19. The van der Waals surface area contributed by atoms with Gasteiger partial charge in [0.1, 0.15) is 18.0 Å². The number of nitrogens with zero attached hydrogens (tertiary/aromatic N) is 1. The molecule has 11 nitrogen and oxygen atoms in total. The van der Waals surface area contributed by atoms with Crippen molar-refractivity contribution in [1.29, 1.82) is 5.41 Å². The predicted octanol–water partition coefficient (Wildman–Crippen LogP) is -0.247. The summed E-state index contributed by atoms with van der Waals surface area (Å²) in [4.78, 5) is 28.7. The lowest BCUT2D eigenvalue weighted by atomic mass is 10.0. The number of rotatable bonds is 11. The first-order chi connectivity index (χ1) is 14.1. The number of sulfonamides is 1. The molecule has 2 rings (SSSR count). The number of aliphatic carboxylic acids is 1. The Morgan fingerprint density at radius 1 is 1.37 bits per heavy atom. The van der Waals surface area contributed by atoms with Crippen molar-refractivity contribution in [1.82, 2.24) is 10.0 Å². The van der Waals surface area contributed by atoms with Gasteiger partial charge in [0.25, 0.3) is 0 Å². The molecule has 0 radical (unpaired) electrons. The molecule has 1 aliphatic heterocycles. The number of benzene rings is 1. The minimum Gasteiger partial charge on any atom is -0.480 e. The molecule has 1 aromatic rings. The number of nitrogens with two attached hydrogens (primary N) is 1. The minimum absolute atomic E-state index is 0.0441. The standard InChI is InChI=1S/C18H25N5O6S/c1-2-7-30(27,28)23-15(18(25)26)10-21-16(24)9-13-8-14(22-29-13)11-3-5-12(6-4-11)17(19)20/h3-6,13,15,23H,2,7-10H2,1H3,(H3,19,20)(H,21,24)(H,25,26)/t13?,15-/m0/s1. The lowest BCUT2D eigenvalue weighted by Crippen LogP contribution is -2.49. The fourth-order valence-electron chi connectivity index (χ4n) is 2.77. The molecule has 1 amide bonds. The van der Waals surface area contributed by atoms with Crippen molar-refractivity contribution in [3.05, 3.63) is 35.4 Å². The molecule has 0 fully saturated rings. The van der Waals surface area contributed by atoms with E-state index >= 15 is 0 Å². The van der Waals surface area contributed by atoms with Crippen molar-refractivity contribution in [2.45, 2.75) is 38.3 Å². The van der Waals surface area contributed by atoms with Crippen LogP contribution in [0, 0.1) is 5.41 Å². The second-order valence-corrected chi connectivity index (χ2v) is 8.67. The molecule has 30 heavy (non-hydrogen) atoms. The third-order valence-electron chi connectivity index (χ3n) is 4.27. The predicted molar refractivity (Wildman–Crippen MR) is 110 cm³/mol. The number of carbonyl (C=O) groups is 2. The van der Waals surface area contributed by atoms with Crippen LogP contribution in [0.4, 0.5) is 0 Å². The number of carbonyl (C=O) groups excluding carboxylic acids is 1. The molecule has 0 spiro atoms. The van der Waals surface area contributed by atoms with E-state index in [1.54, 1.807) is 31.2 Å². The van der Waals surface area contributed by atoms with E-state index in [-0.39, 0.29) is 24.6 Å². The average molecular weight is 439 g/mol. The molecule has 2 atom stereocenters. The molecule has 0 aliphatic carbocycles. The summed E-state index contributed by atoms with van der Waals surface area (Å²) in [5.74, 6) is -2.11. The van der Waals surface area contributed by atoms with Crippen LogP contribution < -0.4 is 15.8 Å². The van der Waals surface area contributed by atoms with Crippen molar-refractivity contribution < 1.29 is 28.0 Å². The third-order valence-corrected chi connectivity index (χ3v) is 5.86. The Morgan fingerprint density at radius 3 is 2.60 bits per heavy atom. The fraction of sp³-hybridized carbons (Fsp3) is 0.444. The zero-order chi connectivity index (χ0) is 22.3. The van der Waals surface area contributed by atoms with Crippen molar-refractivity contribution in [2.24, 2.45) is 10.9 Å². The molecule has 1 aliphatic rings. The molecule has 0 aromatic heterocycles. The summed E-state index contributed by atoms with van der Waals surface area (Å²) in [6.07, 6.45) is 0.130. The smallest absolute Gasteiger partial charge is 0.323 e. The summed E-state index contributed by atoms with van der Waals surface area (Å²) in [7, 11) is -3.74. The van der Waals surface area contributed by atoms with Gasteiger partial charge < -0.3 is 21.0 Å². The Morgan fingerprint density at radius 2 is 2.03 bits per heavy atom. The number of carboxylic acids is 1. The summed E-state index contributed by atoms with van der Waals surface area (Å²) in [6, 6.07) is 5.42. The molecule has 1 aromatic carbocycles. The number of oxime groups is 1. The zero-order valence-electron chi connectivity index (χ0n) is 16.4. The van der Waals surface area contributed by atoms with Crippen LogP contribution in [0.5, 0.6) is 0 Å². The van der Waals surface area contributed by atoms with Crippen LogP contribution in [-0.2, 0) is 24.4 Å². The van der Waals surface area contributed by atoms with Gasteiger partial charge in [-0.1, -0.05) is 36.3 Å². The number of hydrogen-bond acceptors (Lipinski definition) is 7. The number of nitrogens with one attached hydrogen (secondary N) is 3. The molecular formula is C18H25N5O6S. The van der Waals surface area contributed by atoms with Gasteiger partial charge in [-0.25, -0.2) is 8.42 Å². The summed E-state index contributed by atoms with van der Waals surface area (Å²) < 4.78 is 25.6. The van der Waals surface area contributed by atoms with Crippen LogP contribution in [0.1, 0.15) is 37.3 Å². The van der Waals surface area contributed by atoms with Gasteiger partial charge in [-0.3, -0.25) is 15.0 Å². The van der Waals surface area contributed by atoms with Gasteiger partial charge >= 0.3 is 5.97 Å². The van der Waals surface area contributed by atoms with Crippen LogP contribution in [0.25, 0.3) is 0 Å². The summed E-state index contributed by atoms with van der Waals surface area (Å²) in [5.41, 5.74) is 7.42. The topological polar surface area (TPSA) is 184 Å². The first-order valence-electron chi connectivity index (χ1n) is 9.28. The molecule has 0 saturated carbocycles. The molecule has 1 unspecified atom stereocenters. The first kappa shape index (κ1) is 23.3. The molecule has 6 N–H and O–H groups in total. The van der Waals surface area contributed by atoms with E-state index in [4.69, 9.17) is 16.0 Å². The molecule has 12 heteroatoms. The van der Waals surface area contributed by atoms with E-state index in [2.05, 4.69) is 15.2 Å². The Hall–Kier alpha value is -2.99. The summed E-state index contributed by atoms with van der Waals surface area (Å²) >= 11 is 0. The first-order valence-corrected chi connectivity index (χ1v) is 10.9. The zero-order valence-corrected chi connectivity index (χ0v) is 17.2. The van der Waals surface area contributed by atoms with Gasteiger partial charge in [-0.15, -0.1) is 0 Å². The van der Waals surface area contributed by atoms with Crippen molar-refractivity contribution >= 4 is 33.4 Å². The number of amides is 1. The van der Waals surface area contributed by atoms with E-state index in [1.807, 2.05) is 0 Å². The normalized spacial score (nSPS) is 17.0. The Kier molecular flexibility index (Phi) is 7.89. The maximum Gasteiger partial charge on any atom is 0.323 e. The number of amidine groups is 1. The van der Waals surface area contributed by atoms with E-state index in [9.17, 15) is 23.1 Å². The van der Waals surface area contributed by atoms with Crippen LogP contribution in [0.15, 0.2) is 29.4 Å². The van der Waals surface area contributed by atoms with Gasteiger partial charge in [-0.05, 0) is 12.0 Å². The van der Waals surface area contributed by atoms with Crippen LogP contribution >= 0.6 is 0 Å².